The van der Waals surface area contributed by atoms with Crippen LogP contribution in [-0.4, -0.2) is 55.7 Å². The second-order valence-corrected chi connectivity index (χ2v) is 7.61. The van der Waals surface area contributed by atoms with Gasteiger partial charge in [0.15, 0.2) is 0 Å². The topological polar surface area (TPSA) is 68.6 Å². The molecule has 1 aromatic rings. The van der Waals surface area contributed by atoms with E-state index < -0.39 is 5.54 Å². The molecule has 1 aromatic carbocycles. The molecule has 27 heavy (non-hydrogen) atoms. The number of rotatable bonds is 5. The number of nitrogens with zero attached hydrogens (tertiary/aromatic N) is 3. The standard InChI is InChI=1S/C21H30N4O2/c1-17(20(26)23-21(16-22)10-6-3-7-11-21)24-12-14-25(15-13-24)18-8-4-5-9-19(18)27-2/h4-5,8-9,17H,3,6-7,10-15H2,1-2H3,(H,23,26). The van der Waals surface area contributed by atoms with Crippen molar-refractivity contribution in [2.45, 2.75) is 50.6 Å². The minimum Gasteiger partial charge on any atom is -0.495 e. The summed E-state index contributed by atoms with van der Waals surface area (Å²) in [6, 6.07) is 10.2. The van der Waals surface area contributed by atoms with Crippen molar-refractivity contribution in [2.75, 3.05) is 38.2 Å². The summed E-state index contributed by atoms with van der Waals surface area (Å²) >= 11 is 0. The number of ether oxygens (including phenoxy) is 1. The summed E-state index contributed by atoms with van der Waals surface area (Å²) in [5.74, 6) is 0.856. The molecule has 0 radical (unpaired) electrons. The Balaban J connectivity index is 1.57. The Labute approximate surface area is 162 Å². The number of para-hydroxylation sites is 2. The average Bonchev–Trinajstić information content (AvgIpc) is 2.74. The molecule has 2 fully saturated rings. The van der Waals surface area contributed by atoms with Gasteiger partial charge in [0.05, 0.1) is 24.9 Å². The zero-order valence-electron chi connectivity index (χ0n) is 16.4. The first-order valence-corrected chi connectivity index (χ1v) is 9.94. The molecular formula is C21H30N4O2. The van der Waals surface area contributed by atoms with Crippen molar-refractivity contribution in [1.82, 2.24) is 10.2 Å². The summed E-state index contributed by atoms with van der Waals surface area (Å²) in [5, 5.41) is 12.7. The molecule has 1 amide bonds. The molecular weight excluding hydrogens is 340 g/mol. The number of methoxy groups -OCH3 is 1. The third-order valence-electron chi connectivity index (χ3n) is 5.95. The van der Waals surface area contributed by atoms with E-state index in [1.807, 2.05) is 25.1 Å². The number of nitriles is 1. The number of nitrogens with one attached hydrogen (secondary N) is 1. The number of anilines is 1. The zero-order chi connectivity index (χ0) is 19.3. The van der Waals surface area contributed by atoms with Gasteiger partial charge in [0.1, 0.15) is 11.3 Å². The van der Waals surface area contributed by atoms with E-state index in [4.69, 9.17) is 4.74 Å². The maximum Gasteiger partial charge on any atom is 0.238 e. The van der Waals surface area contributed by atoms with E-state index in [-0.39, 0.29) is 11.9 Å². The predicted molar refractivity (Wildman–Crippen MR) is 106 cm³/mol. The van der Waals surface area contributed by atoms with Gasteiger partial charge in [0.25, 0.3) is 0 Å². The number of benzene rings is 1. The fourth-order valence-corrected chi connectivity index (χ4v) is 4.17. The normalized spacial score (nSPS) is 21.1. The van der Waals surface area contributed by atoms with Crippen LogP contribution in [0.5, 0.6) is 5.75 Å². The molecule has 1 aliphatic heterocycles. The third-order valence-corrected chi connectivity index (χ3v) is 5.95. The number of hydrogen-bond acceptors (Lipinski definition) is 5. The maximum absolute atomic E-state index is 12.8. The van der Waals surface area contributed by atoms with Crippen LogP contribution in [0.25, 0.3) is 0 Å². The quantitative estimate of drug-likeness (QED) is 0.863. The van der Waals surface area contributed by atoms with E-state index in [0.29, 0.717) is 0 Å². The molecule has 0 aromatic heterocycles. The van der Waals surface area contributed by atoms with Crippen LogP contribution < -0.4 is 15.0 Å². The van der Waals surface area contributed by atoms with Crippen molar-refractivity contribution in [3.63, 3.8) is 0 Å². The molecule has 1 atom stereocenters. The van der Waals surface area contributed by atoms with Gasteiger partial charge in [-0.05, 0) is 31.9 Å². The number of amides is 1. The van der Waals surface area contributed by atoms with Crippen LogP contribution in [0.1, 0.15) is 39.0 Å². The van der Waals surface area contributed by atoms with Crippen molar-refractivity contribution in [2.24, 2.45) is 0 Å². The summed E-state index contributed by atoms with van der Waals surface area (Å²) in [5.41, 5.74) is 0.436. The Bertz CT molecular complexity index is 686. The lowest BCUT2D eigenvalue weighted by Gasteiger charge is -2.40. The Hall–Kier alpha value is -2.26. The molecule has 1 saturated carbocycles. The fourth-order valence-electron chi connectivity index (χ4n) is 4.17. The smallest absolute Gasteiger partial charge is 0.238 e. The maximum atomic E-state index is 12.8. The van der Waals surface area contributed by atoms with E-state index in [1.54, 1.807) is 7.11 Å². The lowest BCUT2D eigenvalue weighted by molar-refractivity contribution is -0.127. The first-order valence-electron chi connectivity index (χ1n) is 9.94. The van der Waals surface area contributed by atoms with Crippen LogP contribution >= 0.6 is 0 Å². The lowest BCUT2D eigenvalue weighted by Crippen LogP contribution is -2.58. The van der Waals surface area contributed by atoms with Crippen LogP contribution in [0.15, 0.2) is 24.3 Å². The average molecular weight is 370 g/mol. The van der Waals surface area contributed by atoms with E-state index in [2.05, 4.69) is 27.3 Å². The van der Waals surface area contributed by atoms with Crippen LogP contribution in [0.2, 0.25) is 0 Å². The third kappa shape index (κ3) is 4.36. The molecule has 3 rings (SSSR count). The molecule has 1 aliphatic carbocycles. The van der Waals surface area contributed by atoms with Gasteiger partial charge in [-0.1, -0.05) is 31.4 Å². The van der Waals surface area contributed by atoms with Gasteiger partial charge in [0.2, 0.25) is 5.91 Å². The number of piperazine rings is 1. The molecule has 1 heterocycles. The molecule has 1 unspecified atom stereocenters. The summed E-state index contributed by atoms with van der Waals surface area (Å²) in [6.45, 7) is 5.27. The Kier molecular flexibility index (Phi) is 6.22. The van der Waals surface area contributed by atoms with Crippen molar-refractivity contribution >= 4 is 11.6 Å². The SMILES string of the molecule is COc1ccccc1N1CCN(C(C)C(=O)NC2(C#N)CCCCC2)CC1. The van der Waals surface area contributed by atoms with Gasteiger partial charge in [-0.3, -0.25) is 9.69 Å². The van der Waals surface area contributed by atoms with Crippen molar-refractivity contribution in [1.29, 1.82) is 5.26 Å². The molecule has 146 valence electrons. The summed E-state index contributed by atoms with van der Waals surface area (Å²) in [7, 11) is 1.69. The molecule has 2 aliphatic rings. The minimum atomic E-state index is -0.664. The van der Waals surface area contributed by atoms with E-state index in [0.717, 1.165) is 69.7 Å². The van der Waals surface area contributed by atoms with Gasteiger partial charge in [0, 0.05) is 26.2 Å². The molecule has 6 nitrogen and oxygen atoms in total. The number of carbonyl (C=O) groups is 1. The van der Waals surface area contributed by atoms with Crippen molar-refractivity contribution in [3.8, 4) is 11.8 Å². The first kappa shape index (κ1) is 19.5. The summed E-state index contributed by atoms with van der Waals surface area (Å²) in [4.78, 5) is 17.3. The Morgan fingerprint density at radius 3 is 2.48 bits per heavy atom. The van der Waals surface area contributed by atoms with Gasteiger partial charge >= 0.3 is 0 Å². The van der Waals surface area contributed by atoms with E-state index in [9.17, 15) is 10.1 Å². The van der Waals surface area contributed by atoms with Crippen molar-refractivity contribution in [3.05, 3.63) is 24.3 Å². The van der Waals surface area contributed by atoms with Gasteiger partial charge in [-0.25, -0.2) is 0 Å². The second kappa shape index (κ2) is 8.62. The highest BCUT2D eigenvalue weighted by Crippen LogP contribution is 2.29. The molecule has 0 bridgehead atoms. The van der Waals surface area contributed by atoms with Crippen LogP contribution in [0, 0.1) is 11.3 Å². The predicted octanol–water partition coefficient (Wildman–Crippen LogP) is 2.55. The first-order chi connectivity index (χ1) is 13.1. The minimum absolute atomic E-state index is 0.0239. The zero-order valence-corrected chi connectivity index (χ0v) is 16.4. The molecule has 6 heteroatoms. The largest absolute Gasteiger partial charge is 0.495 e. The lowest BCUT2D eigenvalue weighted by atomic mass is 9.82. The van der Waals surface area contributed by atoms with Gasteiger partial charge in [-0.15, -0.1) is 0 Å². The number of hydrogen-bond donors (Lipinski definition) is 1. The fraction of sp³-hybridized carbons (Fsp3) is 0.619. The van der Waals surface area contributed by atoms with Gasteiger partial charge in [-0.2, -0.15) is 5.26 Å². The second-order valence-electron chi connectivity index (χ2n) is 7.61. The van der Waals surface area contributed by atoms with Crippen LogP contribution in [-0.2, 0) is 4.79 Å². The Morgan fingerprint density at radius 2 is 1.85 bits per heavy atom. The highest BCUT2D eigenvalue weighted by molar-refractivity contribution is 5.82. The molecule has 1 saturated heterocycles. The highest BCUT2D eigenvalue weighted by atomic mass is 16.5. The molecule has 0 spiro atoms. The van der Waals surface area contributed by atoms with Crippen LogP contribution in [0.4, 0.5) is 5.69 Å². The monoisotopic (exact) mass is 370 g/mol. The number of carbonyl (C=O) groups excluding carboxylic acids is 1. The summed E-state index contributed by atoms with van der Waals surface area (Å²) in [6.07, 6.45) is 4.71. The van der Waals surface area contributed by atoms with Crippen molar-refractivity contribution < 1.29 is 9.53 Å². The Morgan fingerprint density at radius 1 is 1.19 bits per heavy atom. The highest BCUT2D eigenvalue weighted by Gasteiger charge is 2.36. The van der Waals surface area contributed by atoms with E-state index >= 15 is 0 Å². The van der Waals surface area contributed by atoms with Gasteiger partial charge < -0.3 is 15.0 Å². The van der Waals surface area contributed by atoms with E-state index in [1.165, 1.54) is 0 Å². The molecule has 1 N–H and O–H groups in total. The van der Waals surface area contributed by atoms with Crippen LogP contribution in [0.3, 0.4) is 0 Å². The summed E-state index contributed by atoms with van der Waals surface area (Å²) < 4.78 is 5.47.